The minimum atomic E-state index is -0.693. The Labute approximate surface area is 166 Å². The van der Waals surface area contributed by atoms with Gasteiger partial charge in [0.05, 0.1) is 26.2 Å². The summed E-state index contributed by atoms with van der Waals surface area (Å²) in [7, 11) is 3.31. The fourth-order valence-electron chi connectivity index (χ4n) is 4.15. The highest BCUT2D eigenvalue weighted by molar-refractivity contribution is 5.70. The van der Waals surface area contributed by atoms with Gasteiger partial charge < -0.3 is 14.6 Å². The van der Waals surface area contributed by atoms with E-state index in [1.807, 2.05) is 12.1 Å². The average Bonchev–Trinajstić information content (AvgIpc) is 2.70. The number of piperidine rings is 1. The van der Waals surface area contributed by atoms with E-state index in [0.29, 0.717) is 18.6 Å². The topological polar surface area (TPSA) is 59.0 Å². The van der Waals surface area contributed by atoms with E-state index < -0.39 is 5.97 Å². The van der Waals surface area contributed by atoms with E-state index >= 15 is 0 Å². The number of rotatable bonds is 6. The normalized spacial score (nSPS) is 16.6. The second-order valence-corrected chi connectivity index (χ2v) is 7.49. The van der Waals surface area contributed by atoms with Gasteiger partial charge in [0.2, 0.25) is 0 Å². The molecule has 0 amide bonds. The molecule has 3 rings (SSSR count). The fraction of sp³-hybridized carbons (Fsp3) is 0.435. The molecule has 1 N–H and O–H groups in total. The van der Waals surface area contributed by atoms with Crippen LogP contribution in [0.5, 0.6) is 11.5 Å². The number of benzene rings is 2. The zero-order valence-corrected chi connectivity index (χ0v) is 17.1. The summed E-state index contributed by atoms with van der Waals surface area (Å²) in [5, 5.41) is 9.37. The number of likely N-dealkylation sites (tertiary alicyclic amines) is 1. The van der Waals surface area contributed by atoms with Crippen molar-refractivity contribution < 1.29 is 19.4 Å². The molecule has 1 aliphatic heterocycles. The minimum Gasteiger partial charge on any atom is -0.493 e. The minimum absolute atomic E-state index is 0.0142. The van der Waals surface area contributed by atoms with Crippen molar-refractivity contribution in [3.8, 4) is 11.5 Å². The molecule has 2 aromatic rings. The lowest BCUT2D eigenvalue weighted by Gasteiger charge is -2.38. The second kappa shape index (κ2) is 8.65. The van der Waals surface area contributed by atoms with Crippen LogP contribution in [-0.2, 0) is 4.79 Å². The average molecular weight is 383 g/mol. The summed E-state index contributed by atoms with van der Waals surface area (Å²) in [6.07, 6.45) is 1.31. The number of aliphatic carboxylic acids is 1. The number of ether oxygens (including phenoxy) is 2. The highest BCUT2D eigenvalue weighted by atomic mass is 16.5. The molecular formula is C23H29NO4. The molecule has 0 aromatic heterocycles. The number of para-hydroxylation sites is 1. The van der Waals surface area contributed by atoms with Crippen molar-refractivity contribution in [1.29, 1.82) is 0 Å². The van der Waals surface area contributed by atoms with Gasteiger partial charge >= 0.3 is 5.97 Å². The van der Waals surface area contributed by atoms with Gasteiger partial charge in [-0.3, -0.25) is 9.69 Å². The quantitative estimate of drug-likeness (QED) is 0.810. The third-order valence-electron chi connectivity index (χ3n) is 5.70. The summed E-state index contributed by atoms with van der Waals surface area (Å²) >= 11 is 0. The first-order valence-corrected chi connectivity index (χ1v) is 9.71. The van der Waals surface area contributed by atoms with E-state index in [1.54, 1.807) is 14.2 Å². The molecule has 0 spiro atoms. The van der Waals surface area contributed by atoms with Gasteiger partial charge in [0.1, 0.15) is 0 Å². The molecule has 1 atom stereocenters. The SMILES string of the molecule is COc1cccc(C(c2cc(C)ccc2C)N2CCC(C(=O)O)CC2)c1OC. The number of carboxylic acids is 1. The Morgan fingerprint density at radius 1 is 1.07 bits per heavy atom. The van der Waals surface area contributed by atoms with Crippen molar-refractivity contribution in [3.63, 3.8) is 0 Å². The van der Waals surface area contributed by atoms with E-state index in [2.05, 4.69) is 43.0 Å². The lowest BCUT2D eigenvalue weighted by molar-refractivity contribution is -0.143. The van der Waals surface area contributed by atoms with Crippen LogP contribution >= 0.6 is 0 Å². The predicted octanol–water partition coefficient (Wildman–Crippen LogP) is 4.21. The Morgan fingerprint density at radius 2 is 1.79 bits per heavy atom. The third-order valence-corrected chi connectivity index (χ3v) is 5.70. The molecule has 5 nitrogen and oxygen atoms in total. The number of hydrogen-bond donors (Lipinski definition) is 1. The van der Waals surface area contributed by atoms with Gasteiger partial charge in [-0.2, -0.15) is 0 Å². The molecule has 0 aliphatic carbocycles. The predicted molar refractivity (Wildman–Crippen MR) is 109 cm³/mol. The number of methoxy groups -OCH3 is 2. The zero-order chi connectivity index (χ0) is 20.3. The van der Waals surface area contributed by atoms with Crippen LogP contribution in [0.1, 0.15) is 41.1 Å². The Balaban J connectivity index is 2.09. The Kier molecular flexibility index (Phi) is 6.25. The first-order chi connectivity index (χ1) is 13.5. The molecule has 28 heavy (non-hydrogen) atoms. The van der Waals surface area contributed by atoms with E-state index in [9.17, 15) is 9.90 Å². The van der Waals surface area contributed by atoms with Gasteiger partial charge in [0, 0.05) is 5.56 Å². The van der Waals surface area contributed by atoms with Crippen LogP contribution in [0.3, 0.4) is 0 Å². The van der Waals surface area contributed by atoms with Crippen molar-refractivity contribution in [1.82, 2.24) is 4.90 Å². The van der Waals surface area contributed by atoms with Crippen LogP contribution < -0.4 is 9.47 Å². The molecule has 2 aromatic carbocycles. The second-order valence-electron chi connectivity index (χ2n) is 7.49. The first-order valence-electron chi connectivity index (χ1n) is 9.71. The fourth-order valence-corrected chi connectivity index (χ4v) is 4.15. The maximum absolute atomic E-state index is 11.4. The molecule has 0 saturated carbocycles. The molecule has 1 fully saturated rings. The van der Waals surface area contributed by atoms with E-state index in [4.69, 9.17) is 9.47 Å². The molecular weight excluding hydrogens is 354 g/mol. The van der Waals surface area contributed by atoms with Gasteiger partial charge in [-0.15, -0.1) is 0 Å². The van der Waals surface area contributed by atoms with Crippen LogP contribution in [0.25, 0.3) is 0 Å². The number of nitrogens with zero attached hydrogens (tertiary/aromatic N) is 1. The summed E-state index contributed by atoms with van der Waals surface area (Å²) in [6, 6.07) is 12.4. The van der Waals surface area contributed by atoms with Gasteiger partial charge in [0.25, 0.3) is 0 Å². The van der Waals surface area contributed by atoms with E-state index in [0.717, 1.165) is 24.4 Å². The molecule has 1 heterocycles. The van der Waals surface area contributed by atoms with Crippen LogP contribution in [0.15, 0.2) is 36.4 Å². The smallest absolute Gasteiger partial charge is 0.306 e. The number of carboxylic acid groups (broad SMARTS) is 1. The zero-order valence-electron chi connectivity index (χ0n) is 17.1. The first kappa shape index (κ1) is 20.2. The summed E-state index contributed by atoms with van der Waals surface area (Å²) in [5.41, 5.74) is 4.68. The molecule has 1 unspecified atom stereocenters. The largest absolute Gasteiger partial charge is 0.493 e. The van der Waals surface area contributed by atoms with E-state index in [-0.39, 0.29) is 12.0 Å². The van der Waals surface area contributed by atoms with Gasteiger partial charge in [-0.25, -0.2) is 0 Å². The molecule has 150 valence electrons. The van der Waals surface area contributed by atoms with Crippen LogP contribution in [-0.4, -0.2) is 43.3 Å². The number of aryl methyl sites for hydroxylation is 2. The van der Waals surface area contributed by atoms with Crippen molar-refractivity contribution in [2.24, 2.45) is 5.92 Å². The third kappa shape index (κ3) is 3.99. The monoisotopic (exact) mass is 383 g/mol. The van der Waals surface area contributed by atoms with Crippen LogP contribution in [0, 0.1) is 19.8 Å². The van der Waals surface area contributed by atoms with Crippen LogP contribution in [0.2, 0.25) is 0 Å². The van der Waals surface area contributed by atoms with Crippen LogP contribution in [0.4, 0.5) is 0 Å². The van der Waals surface area contributed by atoms with E-state index in [1.165, 1.54) is 16.7 Å². The van der Waals surface area contributed by atoms with Crippen molar-refractivity contribution in [3.05, 3.63) is 58.7 Å². The molecule has 0 bridgehead atoms. The summed E-state index contributed by atoms with van der Waals surface area (Å²) in [4.78, 5) is 13.8. The number of hydrogen-bond acceptors (Lipinski definition) is 4. The lowest BCUT2D eigenvalue weighted by Crippen LogP contribution is -2.39. The molecule has 5 heteroatoms. The number of carbonyl (C=O) groups is 1. The van der Waals surface area contributed by atoms with Gasteiger partial charge in [-0.1, -0.05) is 35.9 Å². The Bertz CT molecular complexity index is 840. The maximum Gasteiger partial charge on any atom is 0.306 e. The Morgan fingerprint density at radius 3 is 2.39 bits per heavy atom. The maximum atomic E-state index is 11.4. The highest BCUT2D eigenvalue weighted by Crippen LogP contribution is 2.42. The molecule has 1 aliphatic rings. The molecule has 1 saturated heterocycles. The standard InChI is InChI=1S/C23H29NO4/c1-15-8-9-16(2)19(14-15)21(24-12-10-17(11-13-24)23(25)26)18-6-5-7-20(27-3)22(18)28-4/h5-9,14,17,21H,10-13H2,1-4H3,(H,25,26). The van der Waals surface area contributed by atoms with Gasteiger partial charge in [0.15, 0.2) is 11.5 Å². The summed E-state index contributed by atoms with van der Waals surface area (Å²) in [6.45, 7) is 5.68. The summed E-state index contributed by atoms with van der Waals surface area (Å²) < 4.78 is 11.3. The molecule has 0 radical (unpaired) electrons. The van der Waals surface area contributed by atoms with Crippen molar-refractivity contribution in [2.45, 2.75) is 32.7 Å². The summed E-state index contributed by atoms with van der Waals surface area (Å²) in [5.74, 6) is 0.483. The Hall–Kier alpha value is -2.53. The lowest BCUT2D eigenvalue weighted by atomic mass is 9.88. The van der Waals surface area contributed by atoms with Crippen molar-refractivity contribution >= 4 is 5.97 Å². The highest BCUT2D eigenvalue weighted by Gasteiger charge is 2.33. The van der Waals surface area contributed by atoms with Crippen molar-refractivity contribution in [2.75, 3.05) is 27.3 Å². The van der Waals surface area contributed by atoms with Gasteiger partial charge in [-0.05, 0) is 57.0 Å².